The number of benzene rings is 2. The first-order valence-electron chi connectivity index (χ1n) is 19.2. The summed E-state index contributed by atoms with van der Waals surface area (Å²) in [7, 11) is 1.23. The Morgan fingerprint density at radius 3 is 1.62 bits per heavy atom. The zero-order valence-corrected chi connectivity index (χ0v) is 34.0. The van der Waals surface area contributed by atoms with E-state index in [0.717, 1.165) is 70.8 Å². The number of likely N-dealkylation sites (tertiary alicyclic amines) is 2. The van der Waals surface area contributed by atoms with Gasteiger partial charge in [0.05, 0.1) is 51.2 Å². The zero-order chi connectivity index (χ0) is 38.1. The molecule has 2 heterocycles. The van der Waals surface area contributed by atoms with Crippen LogP contribution in [0.2, 0.25) is 18.1 Å². The highest BCUT2D eigenvalue weighted by Gasteiger charge is 2.39. The molecule has 2 saturated heterocycles. The van der Waals surface area contributed by atoms with E-state index in [-0.39, 0.29) is 28.9 Å². The molecule has 4 N–H and O–H groups in total. The number of hydrogen-bond donors (Lipinski definition) is 2. The first-order valence-corrected chi connectivity index (χ1v) is 22.1. The number of nitrogen functional groups attached to an aromatic ring is 2. The molecule has 0 aromatic heterocycles. The fourth-order valence-corrected chi connectivity index (χ4v) is 7.84. The van der Waals surface area contributed by atoms with Gasteiger partial charge in [0, 0.05) is 42.6 Å². The van der Waals surface area contributed by atoms with Gasteiger partial charge in [-0.25, -0.2) is 0 Å². The van der Waals surface area contributed by atoms with Gasteiger partial charge in [-0.05, 0) is 75.2 Å². The number of hydrogen-bond acceptors (Lipinski definition) is 9. The van der Waals surface area contributed by atoms with E-state index in [1.807, 2.05) is 9.80 Å². The molecule has 2 aliphatic rings. The summed E-state index contributed by atoms with van der Waals surface area (Å²) in [4.78, 5) is 30.7. The topological polar surface area (TPSA) is 139 Å². The number of rotatable bonds is 18. The summed E-state index contributed by atoms with van der Waals surface area (Å²) < 4.78 is 29.8. The van der Waals surface area contributed by atoms with Crippen molar-refractivity contribution in [3.05, 3.63) is 35.4 Å². The molecule has 2 aromatic carbocycles. The van der Waals surface area contributed by atoms with E-state index in [1.165, 1.54) is 0 Å². The predicted octanol–water partition coefficient (Wildman–Crippen LogP) is 7.92. The lowest BCUT2D eigenvalue weighted by Crippen LogP contribution is -2.46. The van der Waals surface area contributed by atoms with Crippen LogP contribution in [0.3, 0.4) is 0 Å². The molecule has 2 aromatic rings. The maximum Gasteiger partial charge on any atom is 0.256 e. The number of amides is 2. The second-order valence-corrected chi connectivity index (χ2v) is 20.5. The average Bonchev–Trinajstić information content (AvgIpc) is 3.79. The molecule has 2 aliphatic heterocycles. The average molecular weight is 741 g/mol. The van der Waals surface area contributed by atoms with Gasteiger partial charge in [0.25, 0.3) is 11.8 Å². The van der Waals surface area contributed by atoms with Crippen molar-refractivity contribution >= 4 is 31.5 Å². The summed E-state index contributed by atoms with van der Waals surface area (Å²) in [6.45, 7) is 16.3. The van der Waals surface area contributed by atoms with Crippen LogP contribution in [0.15, 0.2) is 24.3 Å². The van der Waals surface area contributed by atoms with Crippen LogP contribution in [0.1, 0.15) is 113 Å². The Balaban J connectivity index is 1.20. The number of unbranched alkanes of at least 4 members (excludes halogenated alkanes) is 4. The molecule has 4 rings (SSSR count). The van der Waals surface area contributed by atoms with Gasteiger partial charge in [0.1, 0.15) is 0 Å². The van der Waals surface area contributed by atoms with E-state index in [1.54, 1.807) is 38.5 Å². The predicted molar refractivity (Wildman–Crippen MR) is 210 cm³/mol. The lowest BCUT2D eigenvalue weighted by Gasteiger charge is -2.38. The minimum atomic E-state index is -1.93. The molecular weight excluding hydrogens is 677 g/mol. The molecule has 0 unspecified atom stereocenters. The van der Waals surface area contributed by atoms with Gasteiger partial charge >= 0.3 is 0 Å². The van der Waals surface area contributed by atoms with Crippen molar-refractivity contribution in [1.29, 1.82) is 0 Å². The molecule has 290 valence electrons. The highest BCUT2D eigenvalue weighted by Crippen LogP contribution is 2.38. The Labute approximate surface area is 312 Å². The number of methoxy groups -OCH3 is 2. The van der Waals surface area contributed by atoms with Crippen molar-refractivity contribution in [2.45, 2.75) is 122 Å². The van der Waals surface area contributed by atoms with Crippen molar-refractivity contribution in [1.82, 2.24) is 9.80 Å². The van der Waals surface area contributed by atoms with Crippen molar-refractivity contribution in [3.8, 4) is 23.0 Å². The number of anilines is 2. The molecule has 0 spiro atoms. The van der Waals surface area contributed by atoms with Crippen molar-refractivity contribution in [3.63, 3.8) is 0 Å². The molecule has 52 heavy (non-hydrogen) atoms. The van der Waals surface area contributed by atoms with Gasteiger partial charge in [0.15, 0.2) is 31.3 Å². The normalized spacial score (nSPS) is 17.8. The third-order valence-corrected chi connectivity index (χ3v) is 15.6. The van der Waals surface area contributed by atoms with E-state index in [9.17, 15) is 9.59 Å². The van der Waals surface area contributed by atoms with Gasteiger partial charge in [-0.3, -0.25) is 9.59 Å². The summed E-state index contributed by atoms with van der Waals surface area (Å²) in [6.07, 6.45) is 9.60. The lowest BCUT2D eigenvalue weighted by molar-refractivity contribution is 0.0683. The van der Waals surface area contributed by atoms with Crippen LogP contribution < -0.4 is 30.4 Å². The Morgan fingerprint density at radius 1 is 0.731 bits per heavy atom. The summed E-state index contributed by atoms with van der Waals surface area (Å²) in [5, 5.41) is 0.109. The SMILES string of the molecule is CC[C@@H]1CCCN1C(=O)c1cc(OC)c(OCCCCCCCOc2cc(N)c(C(=O)N3CCC[C@H]3CO[Si](C)(C)C(C)(C)C)cc2OC)cc1N. The Morgan fingerprint density at radius 2 is 1.17 bits per heavy atom. The molecule has 0 bridgehead atoms. The van der Waals surface area contributed by atoms with Crippen LogP contribution in [-0.2, 0) is 4.43 Å². The van der Waals surface area contributed by atoms with Crippen molar-refractivity contribution in [2.75, 3.05) is 58.6 Å². The minimum absolute atomic E-state index is 0.0352. The van der Waals surface area contributed by atoms with E-state index < -0.39 is 8.32 Å². The Bertz CT molecular complexity index is 1510. The van der Waals surface area contributed by atoms with Crippen LogP contribution in [0.5, 0.6) is 23.0 Å². The quantitative estimate of drug-likeness (QED) is 0.0887. The number of nitrogens with two attached hydrogens (primary N) is 2. The Hall–Kier alpha value is -3.64. The highest BCUT2D eigenvalue weighted by molar-refractivity contribution is 6.74. The fourth-order valence-electron chi connectivity index (χ4n) is 6.80. The minimum Gasteiger partial charge on any atom is -0.493 e. The van der Waals surface area contributed by atoms with Gasteiger partial charge < -0.3 is 44.6 Å². The lowest BCUT2D eigenvalue weighted by atomic mass is 10.1. The highest BCUT2D eigenvalue weighted by atomic mass is 28.4. The van der Waals surface area contributed by atoms with Crippen LogP contribution >= 0.6 is 0 Å². The third kappa shape index (κ3) is 10.1. The van der Waals surface area contributed by atoms with Crippen molar-refractivity contribution < 1.29 is 33.0 Å². The van der Waals surface area contributed by atoms with Crippen LogP contribution in [-0.4, -0.2) is 89.1 Å². The standard InChI is InChI=1S/C40H64N4O7Si/c1-9-28-17-15-19-43(28)38(45)30-23-34(47-5)36(25-32(30)41)49-21-13-11-10-12-14-22-50-37-26-33(42)31(24-35(37)48-6)39(46)44-20-16-18-29(44)27-51-52(7,8)40(2,3)4/h23-26,28-29H,9-22,27,41-42H2,1-8H3/t28-,29+/m1/s1. The molecule has 2 atom stereocenters. The zero-order valence-electron chi connectivity index (χ0n) is 33.0. The molecule has 11 nitrogen and oxygen atoms in total. The molecular formula is C40H64N4O7Si. The first kappa shape index (κ1) is 41.1. The second kappa shape index (κ2) is 18.4. The molecule has 2 fully saturated rings. The van der Waals surface area contributed by atoms with Crippen LogP contribution in [0, 0.1) is 0 Å². The van der Waals surface area contributed by atoms with E-state index in [2.05, 4.69) is 40.8 Å². The van der Waals surface area contributed by atoms with Gasteiger partial charge in [0.2, 0.25) is 0 Å². The number of carbonyl (C=O) groups is 2. The summed E-state index contributed by atoms with van der Waals surface area (Å²) >= 11 is 0. The fraction of sp³-hybridized carbons (Fsp3) is 0.650. The molecule has 12 heteroatoms. The van der Waals surface area contributed by atoms with Gasteiger partial charge in [-0.1, -0.05) is 47.0 Å². The Kier molecular flexibility index (Phi) is 14.6. The van der Waals surface area contributed by atoms with Gasteiger partial charge in [-0.2, -0.15) is 0 Å². The molecule has 0 radical (unpaired) electrons. The summed E-state index contributed by atoms with van der Waals surface area (Å²) in [5.74, 6) is 1.97. The number of ether oxygens (including phenoxy) is 4. The smallest absolute Gasteiger partial charge is 0.256 e. The first-order chi connectivity index (χ1) is 24.7. The monoisotopic (exact) mass is 740 g/mol. The van der Waals surface area contributed by atoms with E-state index in [4.69, 9.17) is 34.8 Å². The van der Waals surface area contributed by atoms with E-state index >= 15 is 0 Å². The van der Waals surface area contributed by atoms with Gasteiger partial charge in [-0.15, -0.1) is 0 Å². The van der Waals surface area contributed by atoms with E-state index in [0.29, 0.717) is 71.9 Å². The third-order valence-electron chi connectivity index (χ3n) is 11.1. The second-order valence-electron chi connectivity index (χ2n) is 15.7. The maximum absolute atomic E-state index is 13.7. The maximum atomic E-state index is 13.7. The molecule has 0 aliphatic carbocycles. The molecule has 0 saturated carbocycles. The number of carbonyl (C=O) groups excluding carboxylic acids is 2. The summed E-state index contributed by atoms with van der Waals surface area (Å²) in [5.41, 5.74) is 14.4. The van der Waals surface area contributed by atoms with Crippen molar-refractivity contribution in [2.24, 2.45) is 0 Å². The van der Waals surface area contributed by atoms with Crippen LogP contribution in [0.25, 0.3) is 0 Å². The van der Waals surface area contributed by atoms with Crippen LogP contribution in [0.4, 0.5) is 11.4 Å². The largest absolute Gasteiger partial charge is 0.493 e. The summed E-state index contributed by atoms with van der Waals surface area (Å²) in [6, 6.07) is 7.13. The number of nitrogens with zero attached hydrogens (tertiary/aromatic N) is 2. The molecule has 2 amide bonds.